The lowest BCUT2D eigenvalue weighted by Crippen LogP contribution is -2.27. The van der Waals surface area contributed by atoms with E-state index in [-0.39, 0.29) is 23.8 Å². The molecule has 1 aliphatic carbocycles. The number of aryl methyl sites for hydroxylation is 2. The Balaban J connectivity index is 1.49. The van der Waals surface area contributed by atoms with Crippen molar-refractivity contribution in [1.29, 1.82) is 0 Å². The lowest BCUT2D eigenvalue weighted by molar-refractivity contribution is -0.274. The van der Waals surface area contributed by atoms with Crippen molar-refractivity contribution in [3.63, 3.8) is 0 Å². The number of amides is 1. The molecule has 2 N–H and O–H groups in total. The highest BCUT2D eigenvalue weighted by Gasteiger charge is 2.31. The number of thiazole rings is 1. The number of sulfonamides is 1. The Morgan fingerprint density at radius 1 is 1.13 bits per heavy atom. The minimum absolute atomic E-state index is 0.112. The Bertz CT molecular complexity index is 966. The molecule has 164 valence electrons. The molecule has 0 saturated heterocycles. The number of nitrogens with one attached hydrogen (secondary N) is 2. The van der Waals surface area contributed by atoms with Gasteiger partial charge in [-0.25, -0.2) is 18.1 Å². The highest BCUT2D eigenvalue weighted by atomic mass is 32.2. The molecular weight excluding hydrogens is 443 g/mol. The number of nitrogens with zero attached hydrogens (tertiary/aromatic N) is 1. The van der Waals surface area contributed by atoms with E-state index in [1.807, 2.05) is 0 Å². The number of aromatic nitrogens is 1. The van der Waals surface area contributed by atoms with Crippen molar-refractivity contribution in [2.45, 2.75) is 49.8 Å². The van der Waals surface area contributed by atoms with E-state index >= 15 is 0 Å². The summed E-state index contributed by atoms with van der Waals surface area (Å²) in [6.07, 6.45) is 0.232. The molecule has 0 atom stereocenters. The summed E-state index contributed by atoms with van der Waals surface area (Å²) in [7, 11) is -3.98. The predicted octanol–water partition coefficient (Wildman–Crippen LogP) is 3.62. The van der Waals surface area contributed by atoms with E-state index in [0.29, 0.717) is 5.13 Å². The maximum atomic E-state index is 12.2. The molecule has 0 spiro atoms. The molecular formula is C18H20F3N3O4S2. The Morgan fingerprint density at radius 2 is 1.83 bits per heavy atom. The number of fused-ring (bicyclic) bond motifs is 1. The van der Waals surface area contributed by atoms with Crippen molar-refractivity contribution in [1.82, 2.24) is 9.71 Å². The van der Waals surface area contributed by atoms with Crippen molar-refractivity contribution < 1.29 is 31.1 Å². The molecule has 0 unspecified atom stereocenters. The Hall–Kier alpha value is -2.18. The SMILES string of the molecule is O=C(CCNS(=O)(=O)c1ccc(OC(F)(F)F)cc1)Nc1nc2c(s1)CCCCC2. The van der Waals surface area contributed by atoms with E-state index in [4.69, 9.17) is 0 Å². The molecule has 0 radical (unpaired) electrons. The van der Waals surface area contributed by atoms with E-state index < -0.39 is 22.1 Å². The molecule has 0 aliphatic heterocycles. The summed E-state index contributed by atoms with van der Waals surface area (Å²) < 4.78 is 66.9. The first kappa shape index (κ1) is 22.5. The van der Waals surface area contributed by atoms with Gasteiger partial charge in [0, 0.05) is 17.8 Å². The summed E-state index contributed by atoms with van der Waals surface area (Å²) in [5.74, 6) is -0.904. The highest BCUT2D eigenvalue weighted by Crippen LogP contribution is 2.29. The van der Waals surface area contributed by atoms with Gasteiger partial charge in [-0.1, -0.05) is 6.42 Å². The van der Waals surface area contributed by atoms with Crippen LogP contribution in [0.4, 0.5) is 18.3 Å². The van der Waals surface area contributed by atoms with E-state index in [1.165, 1.54) is 22.6 Å². The second kappa shape index (κ2) is 9.31. The molecule has 2 aromatic rings. The first-order chi connectivity index (χ1) is 14.1. The van der Waals surface area contributed by atoms with Crippen LogP contribution in [0.25, 0.3) is 0 Å². The summed E-state index contributed by atoms with van der Waals surface area (Å²) in [6.45, 7) is -0.167. The number of carbonyl (C=O) groups is 1. The zero-order valence-electron chi connectivity index (χ0n) is 15.8. The molecule has 1 aliphatic rings. The van der Waals surface area contributed by atoms with Gasteiger partial charge in [0.05, 0.1) is 10.6 Å². The molecule has 1 amide bonds. The third kappa shape index (κ3) is 6.41. The minimum Gasteiger partial charge on any atom is -0.406 e. The standard InChI is InChI=1S/C18H20F3N3O4S2/c19-18(20,21)28-12-6-8-13(9-7-12)30(26,27)22-11-10-16(25)24-17-23-14-4-2-1-3-5-15(14)29-17/h6-9,22H,1-5,10-11H2,(H,23,24,25). The summed E-state index contributed by atoms with van der Waals surface area (Å²) in [5.41, 5.74) is 1.02. The van der Waals surface area contributed by atoms with E-state index in [1.54, 1.807) is 0 Å². The lowest BCUT2D eigenvalue weighted by Gasteiger charge is -2.10. The molecule has 1 aromatic carbocycles. The second-order valence-corrected chi connectivity index (χ2v) is 9.52. The van der Waals surface area contributed by atoms with Gasteiger partial charge in [-0.15, -0.1) is 24.5 Å². The third-order valence-corrected chi connectivity index (χ3v) is 6.90. The molecule has 12 heteroatoms. The minimum atomic E-state index is -4.86. The van der Waals surface area contributed by atoms with Gasteiger partial charge in [0.2, 0.25) is 15.9 Å². The zero-order valence-corrected chi connectivity index (χ0v) is 17.4. The van der Waals surface area contributed by atoms with Gasteiger partial charge < -0.3 is 10.1 Å². The molecule has 1 heterocycles. The van der Waals surface area contributed by atoms with Gasteiger partial charge in [0.15, 0.2) is 5.13 Å². The Morgan fingerprint density at radius 3 is 2.53 bits per heavy atom. The number of alkyl halides is 3. The number of anilines is 1. The normalized spacial score (nSPS) is 14.6. The van der Waals surface area contributed by atoms with Crippen LogP contribution in [0, 0.1) is 0 Å². The van der Waals surface area contributed by atoms with Crippen LogP contribution < -0.4 is 14.8 Å². The van der Waals surface area contributed by atoms with Crippen molar-refractivity contribution in [2.24, 2.45) is 0 Å². The largest absolute Gasteiger partial charge is 0.573 e. The van der Waals surface area contributed by atoms with Crippen molar-refractivity contribution in [3.8, 4) is 5.75 Å². The smallest absolute Gasteiger partial charge is 0.406 e. The predicted molar refractivity (Wildman–Crippen MR) is 105 cm³/mol. The number of benzene rings is 1. The van der Waals surface area contributed by atoms with Crippen LogP contribution in [0.1, 0.15) is 36.3 Å². The highest BCUT2D eigenvalue weighted by molar-refractivity contribution is 7.89. The van der Waals surface area contributed by atoms with Gasteiger partial charge in [0.1, 0.15) is 5.75 Å². The molecule has 0 bridgehead atoms. The van der Waals surface area contributed by atoms with Crippen LogP contribution in [0.5, 0.6) is 5.75 Å². The molecule has 30 heavy (non-hydrogen) atoms. The number of rotatable bonds is 7. The van der Waals surface area contributed by atoms with Crippen LogP contribution in [0.2, 0.25) is 0 Å². The Labute approximate surface area is 175 Å². The zero-order chi connectivity index (χ0) is 21.8. The summed E-state index contributed by atoms with van der Waals surface area (Å²) in [6, 6.07) is 3.79. The number of hydrogen-bond donors (Lipinski definition) is 2. The average molecular weight is 464 g/mol. The number of carbonyl (C=O) groups excluding carboxylic acids is 1. The molecule has 0 fully saturated rings. The number of hydrogen-bond acceptors (Lipinski definition) is 6. The Kier molecular flexibility index (Phi) is 6.98. The van der Waals surface area contributed by atoms with E-state index in [0.717, 1.165) is 55.6 Å². The average Bonchev–Trinajstić information content (AvgIpc) is 2.88. The fraction of sp³-hybridized carbons (Fsp3) is 0.444. The van der Waals surface area contributed by atoms with Gasteiger partial charge in [-0.05, 0) is 49.9 Å². The van der Waals surface area contributed by atoms with Crippen molar-refractivity contribution in [2.75, 3.05) is 11.9 Å². The second-order valence-electron chi connectivity index (χ2n) is 6.66. The van der Waals surface area contributed by atoms with Crippen LogP contribution >= 0.6 is 11.3 Å². The fourth-order valence-corrected chi connectivity index (χ4v) is 5.06. The van der Waals surface area contributed by atoms with Crippen molar-refractivity contribution in [3.05, 3.63) is 34.8 Å². The topological polar surface area (TPSA) is 97.4 Å². The van der Waals surface area contributed by atoms with Crippen LogP contribution in [-0.2, 0) is 27.7 Å². The van der Waals surface area contributed by atoms with Crippen molar-refractivity contribution >= 4 is 32.4 Å². The van der Waals surface area contributed by atoms with Crippen LogP contribution in [0.15, 0.2) is 29.2 Å². The van der Waals surface area contributed by atoms with Gasteiger partial charge >= 0.3 is 6.36 Å². The maximum Gasteiger partial charge on any atom is 0.573 e. The van der Waals surface area contributed by atoms with E-state index in [2.05, 4.69) is 19.8 Å². The number of halogens is 3. The van der Waals surface area contributed by atoms with Gasteiger partial charge in [-0.3, -0.25) is 4.79 Å². The van der Waals surface area contributed by atoms with E-state index in [9.17, 15) is 26.4 Å². The lowest BCUT2D eigenvalue weighted by atomic mass is 10.2. The summed E-state index contributed by atoms with van der Waals surface area (Å²) >= 11 is 1.44. The first-order valence-corrected chi connectivity index (χ1v) is 11.6. The summed E-state index contributed by atoms with van der Waals surface area (Å²) in [5, 5.41) is 3.19. The van der Waals surface area contributed by atoms with Gasteiger partial charge in [0.25, 0.3) is 0 Å². The van der Waals surface area contributed by atoms with Gasteiger partial charge in [-0.2, -0.15) is 0 Å². The molecule has 0 saturated carbocycles. The van der Waals surface area contributed by atoms with Crippen LogP contribution in [0.3, 0.4) is 0 Å². The monoisotopic (exact) mass is 463 g/mol. The molecule has 1 aromatic heterocycles. The number of ether oxygens (including phenoxy) is 1. The first-order valence-electron chi connectivity index (χ1n) is 9.26. The maximum absolute atomic E-state index is 12.2. The quantitative estimate of drug-likeness (QED) is 0.612. The summed E-state index contributed by atoms with van der Waals surface area (Å²) in [4.78, 5) is 17.5. The molecule has 3 rings (SSSR count). The fourth-order valence-electron chi connectivity index (χ4n) is 2.97. The van der Waals surface area contributed by atoms with Crippen LogP contribution in [-0.4, -0.2) is 32.2 Å². The molecule has 7 nitrogen and oxygen atoms in total. The third-order valence-electron chi connectivity index (χ3n) is 4.35.